The third kappa shape index (κ3) is 2.15. The number of nitriles is 1. The fourth-order valence-corrected chi connectivity index (χ4v) is 1.88. The summed E-state index contributed by atoms with van der Waals surface area (Å²) in [5.74, 6) is 0.347. The summed E-state index contributed by atoms with van der Waals surface area (Å²) in [6.45, 7) is 1.70. The zero-order valence-corrected chi connectivity index (χ0v) is 10.4. The maximum absolute atomic E-state index is 10.7. The maximum atomic E-state index is 10.7. The summed E-state index contributed by atoms with van der Waals surface area (Å²) in [6, 6.07) is 4.91. The number of anilines is 1. The smallest absolute Gasteiger partial charge is 0.409 e. The summed E-state index contributed by atoms with van der Waals surface area (Å²) in [6.07, 6.45) is 0.424. The molecule has 19 heavy (non-hydrogen) atoms. The summed E-state index contributed by atoms with van der Waals surface area (Å²) in [4.78, 5) is 10.7. The molecule has 1 amide bonds. The van der Waals surface area contributed by atoms with Crippen LogP contribution in [0.25, 0.3) is 10.9 Å². The summed E-state index contributed by atoms with van der Waals surface area (Å²) in [5, 5.41) is 24.9. The van der Waals surface area contributed by atoms with E-state index in [4.69, 9.17) is 15.1 Å². The van der Waals surface area contributed by atoms with E-state index >= 15 is 0 Å². The highest BCUT2D eigenvalue weighted by molar-refractivity contribution is 5.95. The van der Waals surface area contributed by atoms with Crippen LogP contribution in [0, 0.1) is 11.3 Å². The molecule has 7 nitrogen and oxygen atoms in total. The lowest BCUT2D eigenvalue weighted by Crippen LogP contribution is -2.10. The Kier molecular flexibility index (Phi) is 3.25. The third-order valence-electron chi connectivity index (χ3n) is 2.71. The van der Waals surface area contributed by atoms with Gasteiger partial charge < -0.3 is 9.84 Å². The largest absolute Gasteiger partial charge is 0.492 e. The summed E-state index contributed by atoms with van der Waals surface area (Å²) < 4.78 is 6.76. The average Bonchev–Trinajstić information content (AvgIpc) is 2.81. The van der Waals surface area contributed by atoms with Crippen molar-refractivity contribution in [3.63, 3.8) is 0 Å². The van der Waals surface area contributed by atoms with Gasteiger partial charge >= 0.3 is 6.09 Å². The molecule has 2 N–H and O–H groups in total. The fourth-order valence-electron chi connectivity index (χ4n) is 1.88. The Hall–Kier alpha value is -2.75. The van der Waals surface area contributed by atoms with Gasteiger partial charge in [-0.05, 0) is 19.1 Å². The van der Waals surface area contributed by atoms with Crippen LogP contribution >= 0.6 is 0 Å². The minimum Gasteiger partial charge on any atom is -0.492 e. The molecule has 0 saturated heterocycles. The molecule has 2 rings (SSSR count). The highest BCUT2D eigenvalue weighted by Crippen LogP contribution is 2.34. The highest BCUT2D eigenvalue weighted by Gasteiger charge is 2.17. The number of benzene rings is 1. The number of fused-ring (bicyclic) bond motifs is 1. The van der Waals surface area contributed by atoms with Crippen LogP contribution in [0.4, 0.5) is 10.5 Å². The van der Waals surface area contributed by atoms with E-state index in [9.17, 15) is 4.79 Å². The first-order chi connectivity index (χ1) is 9.08. The maximum Gasteiger partial charge on any atom is 0.409 e. The van der Waals surface area contributed by atoms with Crippen molar-refractivity contribution in [1.82, 2.24) is 9.78 Å². The van der Waals surface area contributed by atoms with E-state index < -0.39 is 12.1 Å². The van der Waals surface area contributed by atoms with E-state index in [1.54, 1.807) is 25.3 Å². The molecular formula is C12H12N4O3. The lowest BCUT2D eigenvalue weighted by atomic mass is 10.2. The zero-order valence-electron chi connectivity index (χ0n) is 10.4. The van der Waals surface area contributed by atoms with Crippen molar-refractivity contribution in [1.29, 1.82) is 5.26 Å². The molecule has 1 aromatic heterocycles. The van der Waals surface area contributed by atoms with Gasteiger partial charge in [-0.3, -0.25) is 5.32 Å². The second-order valence-electron chi connectivity index (χ2n) is 3.91. The van der Waals surface area contributed by atoms with E-state index in [-0.39, 0.29) is 0 Å². The topological polar surface area (TPSA) is 100 Å². The van der Waals surface area contributed by atoms with Crippen LogP contribution in [0.1, 0.15) is 13.0 Å². The van der Waals surface area contributed by atoms with Crippen LogP contribution in [0.3, 0.4) is 0 Å². The first kappa shape index (κ1) is 12.7. The van der Waals surface area contributed by atoms with Crippen molar-refractivity contribution in [3.05, 3.63) is 18.3 Å². The minimum absolute atomic E-state index is 0.314. The van der Waals surface area contributed by atoms with Crippen LogP contribution in [-0.2, 0) is 0 Å². The predicted molar refractivity (Wildman–Crippen MR) is 68.3 cm³/mol. The molecule has 0 saturated carbocycles. The second kappa shape index (κ2) is 4.86. The number of carbonyl (C=O) groups is 1. The van der Waals surface area contributed by atoms with Gasteiger partial charge in [0.1, 0.15) is 11.6 Å². The first-order valence-electron chi connectivity index (χ1n) is 5.52. The van der Waals surface area contributed by atoms with Crippen molar-refractivity contribution in [3.8, 4) is 11.8 Å². The molecule has 0 radical (unpaired) electrons. The first-order valence-corrected chi connectivity index (χ1v) is 5.52. The van der Waals surface area contributed by atoms with E-state index in [1.165, 1.54) is 11.8 Å². The summed E-state index contributed by atoms with van der Waals surface area (Å²) >= 11 is 0. The number of nitrogens with one attached hydrogen (secondary N) is 1. The van der Waals surface area contributed by atoms with Gasteiger partial charge in [-0.2, -0.15) is 10.4 Å². The molecule has 0 aliphatic carbocycles. The molecule has 7 heteroatoms. The number of carboxylic acid groups (broad SMARTS) is 1. The Morgan fingerprint density at radius 2 is 2.37 bits per heavy atom. The standard InChI is InChI=1S/C12H12N4O3/c1-7(5-13)16-10-8(6-14-16)3-4-9(11(10)19-2)15-12(17)18/h3-4,6-7,15H,1-2H3,(H,17,18). The average molecular weight is 260 g/mol. The lowest BCUT2D eigenvalue weighted by Gasteiger charge is -2.12. The number of nitrogens with zero attached hydrogens (tertiary/aromatic N) is 3. The van der Waals surface area contributed by atoms with Crippen molar-refractivity contribution in [2.24, 2.45) is 0 Å². The fraction of sp³-hybridized carbons (Fsp3) is 0.250. The van der Waals surface area contributed by atoms with E-state index in [0.29, 0.717) is 17.0 Å². The van der Waals surface area contributed by atoms with Gasteiger partial charge in [0.25, 0.3) is 0 Å². The Labute approximate surface area is 109 Å². The Bertz CT molecular complexity index is 671. The number of rotatable bonds is 3. The van der Waals surface area contributed by atoms with Crippen LogP contribution in [0.15, 0.2) is 18.3 Å². The normalized spacial score (nSPS) is 11.8. The van der Waals surface area contributed by atoms with Gasteiger partial charge in [0.2, 0.25) is 0 Å². The van der Waals surface area contributed by atoms with Gasteiger partial charge in [0.05, 0.1) is 25.1 Å². The molecule has 0 aliphatic heterocycles. The molecule has 1 heterocycles. The summed E-state index contributed by atoms with van der Waals surface area (Å²) in [5.41, 5.74) is 0.900. The van der Waals surface area contributed by atoms with Crippen LogP contribution in [0.2, 0.25) is 0 Å². The quantitative estimate of drug-likeness (QED) is 0.881. The zero-order chi connectivity index (χ0) is 14.0. The highest BCUT2D eigenvalue weighted by atomic mass is 16.5. The monoisotopic (exact) mass is 260 g/mol. The van der Waals surface area contributed by atoms with E-state index in [0.717, 1.165) is 5.39 Å². The van der Waals surface area contributed by atoms with Crippen molar-refractivity contribution in [2.45, 2.75) is 13.0 Å². The molecule has 0 aliphatic rings. The molecule has 0 spiro atoms. The van der Waals surface area contributed by atoms with Crippen LogP contribution in [0.5, 0.6) is 5.75 Å². The number of methoxy groups -OCH3 is 1. The molecule has 98 valence electrons. The van der Waals surface area contributed by atoms with Gasteiger partial charge in [0.15, 0.2) is 5.75 Å². The lowest BCUT2D eigenvalue weighted by molar-refractivity contribution is 0.209. The number of hydrogen-bond acceptors (Lipinski definition) is 4. The van der Waals surface area contributed by atoms with Gasteiger partial charge in [-0.15, -0.1) is 0 Å². The van der Waals surface area contributed by atoms with Gasteiger partial charge in [-0.1, -0.05) is 0 Å². The molecule has 2 aromatic rings. The number of hydrogen-bond donors (Lipinski definition) is 2. The Balaban J connectivity index is 2.69. The second-order valence-corrected chi connectivity index (χ2v) is 3.91. The van der Waals surface area contributed by atoms with Gasteiger partial charge in [0, 0.05) is 5.39 Å². The van der Waals surface area contributed by atoms with Crippen molar-refractivity contribution < 1.29 is 14.6 Å². The molecule has 1 atom stereocenters. The SMILES string of the molecule is COc1c(NC(=O)O)ccc2cnn(C(C)C#N)c12. The molecule has 1 unspecified atom stereocenters. The Morgan fingerprint density at radius 3 is 2.95 bits per heavy atom. The van der Waals surface area contributed by atoms with Crippen LogP contribution < -0.4 is 10.1 Å². The van der Waals surface area contributed by atoms with Gasteiger partial charge in [-0.25, -0.2) is 9.48 Å². The predicted octanol–water partition coefficient (Wildman–Crippen LogP) is 2.22. The minimum atomic E-state index is -1.18. The third-order valence-corrected chi connectivity index (χ3v) is 2.71. The molecular weight excluding hydrogens is 248 g/mol. The van der Waals surface area contributed by atoms with Crippen molar-refractivity contribution >= 4 is 22.7 Å². The molecule has 0 bridgehead atoms. The number of aromatic nitrogens is 2. The number of ether oxygens (including phenoxy) is 1. The number of amides is 1. The van der Waals surface area contributed by atoms with Crippen molar-refractivity contribution in [2.75, 3.05) is 12.4 Å². The molecule has 1 aromatic carbocycles. The Morgan fingerprint density at radius 1 is 1.63 bits per heavy atom. The van der Waals surface area contributed by atoms with E-state index in [2.05, 4.69) is 16.5 Å². The van der Waals surface area contributed by atoms with E-state index in [1.807, 2.05) is 0 Å². The molecule has 0 fully saturated rings. The summed E-state index contributed by atoms with van der Waals surface area (Å²) in [7, 11) is 1.44. The van der Waals surface area contributed by atoms with Crippen LogP contribution in [-0.4, -0.2) is 28.1 Å².